The Kier molecular flexibility index (Phi) is 3.22. The predicted octanol–water partition coefficient (Wildman–Crippen LogP) is 1.88. The average molecular weight is 219 g/mol. The number of carbonyl (C=O) groups is 1. The summed E-state index contributed by atoms with van der Waals surface area (Å²) in [6, 6.07) is 0. The summed E-state index contributed by atoms with van der Waals surface area (Å²) in [6.45, 7) is 0. The van der Waals surface area contributed by atoms with Gasteiger partial charge in [0.05, 0.1) is 0 Å². The molecule has 0 aliphatic heterocycles. The van der Waals surface area contributed by atoms with Gasteiger partial charge in [-0.2, -0.15) is 0 Å². The fourth-order valence-electron chi connectivity index (χ4n) is 0.647. The zero-order valence-corrected chi connectivity index (χ0v) is 7.75. The van der Waals surface area contributed by atoms with E-state index < -0.39 is 5.97 Å². The number of halogens is 2. The minimum Gasteiger partial charge on any atom is -0.478 e. The fraction of sp³-hybridized carbons (Fsp3) is 0. The van der Waals surface area contributed by atoms with Crippen molar-refractivity contribution in [2.24, 2.45) is 0 Å². The third-order valence-electron chi connectivity index (χ3n) is 1.18. The Hall–Kier alpha value is -1.13. The van der Waals surface area contributed by atoms with Crippen LogP contribution >= 0.6 is 23.2 Å². The molecule has 6 heteroatoms. The van der Waals surface area contributed by atoms with Crippen LogP contribution in [-0.4, -0.2) is 21.0 Å². The molecule has 1 heterocycles. The maximum absolute atomic E-state index is 10.2. The summed E-state index contributed by atoms with van der Waals surface area (Å²) in [5.41, 5.74) is 0.299. The van der Waals surface area contributed by atoms with Crippen LogP contribution in [0.3, 0.4) is 0 Å². The second-order valence-corrected chi connectivity index (χ2v) is 2.76. The molecule has 0 fully saturated rings. The van der Waals surface area contributed by atoms with Crippen molar-refractivity contribution in [1.29, 1.82) is 0 Å². The highest BCUT2D eigenvalue weighted by Gasteiger charge is 2.04. The normalized spacial score (nSPS) is 10.6. The Morgan fingerprint density at radius 1 is 1.38 bits per heavy atom. The van der Waals surface area contributed by atoms with Crippen molar-refractivity contribution in [2.75, 3.05) is 0 Å². The van der Waals surface area contributed by atoms with Gasteiger partial charge in [-0.25, -0.2) is 14.8 Å². The molecule has 0 radical (unpaired) electrons. The highest BCUT2D eigenvalue weighted by molar-refractivity contribution is 6.35. The van der Waals surface area contributed by atoms with Crippen LogP contribution < -0.4 is 0 Å². The fourth-order valence-corrected chi connectivity index (χ4v) is 1.09. The molecule has 0 saturated carbocycles. The Morgan fingerprint density at radius 2 is 1.92 bits per heavy atom. The number of aromatic nitrogens is 2. The lowest BCUT2D eigenvalue weighted by atomic mass is 10.3. The zero-order chi connectivity index (χ0) is 9.84. The van der Waals surface area contributed by atoms with Crippen molar-refractivity contribution in [3.63, 3.8) is 0 Å². The molecule has 1 aromatic rings. The van der Waals surface area contributed by atoms with E-state index in [1.54, 1.807) is 0 Å². The molecule has 0 aliphatic carbocycles. The van der Waals surface area contributed by atoms with Gasteiger partial charge in [0, 0.05) is 11.6 Å². The molecule has 0 bridgehead atoms. The van der Waals surface area contributed by atoms with E-state index >= 15 is 0 Å². The van der Waals surface area contributed by atoms with E-state index in [1.165, 1.54) is 12.4 Å². The first-order valence-corrected chi connectivity index (χ1v) is 3.94. The molecule has 0 atom stereocenters. The van der Waals surface area contributed by atoms with E-state index in [-0.39, 0.29) is 10.3 Å². The summed E-state index contributed by atoms with van der Waals surface area (Å²) in [5, 5.41) is 8.59. The summed E-state index contributed by atoms with van der Waals surface area (Å²) < 4.78 is 0. The summed E-state index contributed by atoms with van der Waals surface area (Å²) in [7, 11) is 0. The number of hydrogen-bond acceptors (Lipinski definition) is 3. The first-order chi connectivity index (χ1) is 6.11. The maximum atomic E-state index is 10.2. The van der Waals surface area contributed by atoms with Crippen molar-refractivity contribution in [1.82, 2.24) is 9.97 Å². The summed E-state index contributed by atoms with van der Waals surface area (Å²) in [5.74, 6) is -1.09. The lowest BCUT2D eigenvalue weighted by Gasteiger charge is -1.97. The van der Waals surface area contributed by atoms with E-state index in [1.807, 2.05) is 0 Å². The Bertz CT molecular complexity index is 345. The Morgan fingerprint density at radius 3 is 2.38 bits per heavy atom. The first kappa shape index (κ1) is 9.95. The third kappa shape index (κ3) is 2.68. The smallest absolute Gasteiger partial charge is 0.328 e. The minimum atomic E-state index is -1.09. The maximum Gasteiger partial charge on any atom is 0.328 e. The molecular weight excluding hydrogens is 215 g/mol. The number of aliphatic carboxylic acids is 1. The van der Waals surface area contributed by atoms with E-state index in [2.05, 4.69) is 9.97 Å². The highest BCUT2D eigenvalue weighted by Crippen LogP contribution is 2.20. The SMILES string of the molecule is O=C(O)/C=C/c1c(Cl)ncnc1Cl. The molecule has 0 unspecified atom stereocenters. The molecule has 1 aromatic heterocycles. The monoisotopic (exact) mass is 218 g/mol. The molecule has 68 valence electrons. The van der Waals surface area contributed by atoms with Gasteiger partial charge in [0.2, 0.25) is 0 Å². The zero-order valence-electron chi connectivity index (χ0n) is 6.24. The van der Waals surface area contributed by atoms with Gasteiger partial charge >= 0.3 is 5.97 Å². The number of hydrogen-bond donors (Lipinski definition) is 1. The largest absolute Gasteiger partial charge is 0.478 e. The molecule has 0 spiro atoms. The van der Waals surface area contributed by atoms with Crippen LogP contribution in [0.5, 0.6) is 0 Å². The van der Waals surface area contributed by atoms with Crippen LogP contribution in [-0.2, 0) is 4.79 Å². The van der Waals surface area contributed by atoms with Gasteiger partial charge in [0.15, 0.2) is 0 Å². The van der Waals surface area contributed by atoms with Crippen molar-refractivity contribution in [3.8, 4) is 0 Å². The molecular formula is C7H4Cl2N2O2. The molecule has 13 heavy (non-hydrogen) atoms. The molecule has 0 aromatic carbocycles. The van der Waals surface area contributed by atoms with Crippen LogP contribution in [0.25, 0.3) is 6.08 Å². The lowest BCUT2D eigenvalue weighted by molar-refractivity contribution is -0.131. The van der Waals surface area contributed by atoms with E-state index in [0.717, 1.165) is 6.08 Å². The van der Waals surface area contributed by atoms with Crippen LogP contribution in [0.4, 0.5) is 0 Å². The van der Waals surface area contributed by atoms with Crippen molar-refractivity contribution < 1.29 is 9.90 Å². The van der Waals surface area contributed by atoms with Crippen LogP contribution in [0.15, 0.2) is 12.4 Å². The Labute approximate surface area is 83.8 Å². The molecule has 0 amide bonds. The molecule has 1 rings (SSSR count). The van der Waals surface area contributed by atoms with Gasteiger partial charge < -0.3 is 5.11 Å². The van der Waals surface area contributed by atoms with Crippen LogP contribution in [0.1, 0.15) is 5.56 Å². The van der Waals surface area contributed by atoms with Gasteiger partial charge in [0.1, 0.15) is 16.6 Å². The predicted molar refractivity (Wildman–Crippen MR) is 48.7 cm³/mol. The van der Waals surface area contributed by atoms with E-state index in [9.17, 15) is 4.79 Å². The summed E-state index contributed by atoms with van der Waals surface area (Å²) >= 11 is 11.3. The van der Waals surface area contributed by atoms with Gasteiger partial charge in [-0.3, -0.25) is 0 Å². The quantitative estimate of drug-likeness (QED) is 0.609. The van der Waals surface area contributed by atoms with Gasteiger partial charge in [-0.1, -0.05) is 23.2 Å². The molecule has 0 aliphatic rings. The summed E-state index contributed by atoms with van der Waals surface area (Å²) in [6.07, 6.45) is 3.35. The Balaban J connectivity index is 3.06. The van der Waals surface area contributed by atoms with Crippen LogP contribution in [0.2, 0.25) is 10.3 Å². The van der Waals surface area contributed by atoms with E-state index in [0.29, 0.717) is 5.56 Å². The standard InChI is InChI=1S/C7H4Cl2N2O2/c8-6-4(1-2-5(12)13)7(9)11-3-10-6/h1-3H,(H,12,13)/b2-1+. The van der Waals surface area contributed by atoms with Gasteiger partial charge in [-0.05, 0) is 6.08 Å². The van der Waals surface area contributed by atoms with Crippen LogP contribution in [0, 0.1) is 0 Å². The molecule has 1 N–H and O–H groups in total. The number of carboxylic acids is 1. The average Bonchev–Trinajstić information content (AvgIpc) is 2.03. The summed E-state index contributed by atoms with van der Waals surface area (Å²) in [4.78, 5) is 17.5. The van der Waals surface area contributed by atoms with Gasteiger partial charge in [-0.15, -0.1) is 0 Å². The van der Waals surface area contributed by atoms with Gasteiger partial charge in [0.25, 0.3) is 0 Å². The second-order valence-electron chi connectivity index (χ2n) is 2.04. The molecule has 0 saturated heterocycles. The highest BCUT2D eigenvalue weighted by atomic mass is 35.5. The number of nitrogens with zero attached hydrogens (tertiary/aromatic N) is 2. The molecule has 4 nitrogen and oxygen atoms in total. The topological polar surface area (TPSA) is 63.1 Å². The van der Waals surface area contributed by atoms with Crippen molar-refractivity contribution >= 4 is 35.2 Å². The van der Waals surface area contributed by atoms with Crippen molar-refractivity contribution in [3.05, 3.63) is 28.3 Å². The number of carboxylic acid groups (broad SMARTS) is 1. The second kappa shape index (κ2) is 4.20. The third-order valence-corrected chi connectivity index (χ3v) is 1.78. The van der Waals surface area contributed by atoms with E-state index in [4.69, 9.17) is 28.3 Å². The number of rotatable bonds is 2. The first-order valence-electron chi connectivity index (χ1n) is 3.18. The van der Waals surface area contributed by atoms with Crippen molar-refractivity contribution in [2.45, 2.75) is 0 Å². The minimum absolute atomic E-state index is 0.123. The lowest BCUT2D eigenvalue weighted by Crippen LogP contribution is -1.89.